The maximum Gasteiger partial charge on any atom is 0.234 e. The second-order valence-corrected chi connectivity index (χ2v) is 3.19. The van der Waals surface area contributed by atoms with Crippen LogP contribution in [0.25, 0.3) is 0 Å². The molecule has 1 aromatic heterocycles. The van der Waals surface area contributed by atoms with Crippen LogP contribution in [0, 0.1) is 0 Å². The quantitative estimate of drug-likeness (QED) is 0.383. The van der Waals surface area contributed by atoms with Crippen LogP contribution in [0.15, 0.2) is 22.5 Å². The molecule has 0 fully saturated rings. The van der Waals surface area contributed by atoms with Crippen LogP contribution < -0.4 is 0 Å². The smallest absolute Gasteiger partial charge is 0.211 e. The highest BCUT2D eigenvalue weighted by Crippen LogP contribution is 2.10. The van der Waals surface area contributed by atoms with Gasteiger partial charge in [0.2, 0.25) is 6.08 Å². The van der Waals surface area contributed by atoms with Gasteiger partial charge in [0.1, 0.15) is 0 Å². The summed E-state index contributed by atoms with van der Waals surface area (Å²) in [5.41, 5.74) is 0. The summed E-state index contributed by atoms with van der Waals surface area (Å²) in [4.78, 5) is 14.5. The molecule has 0 radical (unpaired) electrons. The van der Waals surface area contributed by atoms with Crippen LogP contribution in [0.1, 0.15) is 11.3 Å². The lowest BCUT2D eigenvalue weighted by atomic mass is 10.3. The second kappa shape index (κ2) is 4.83. The van der Waals surface area contributed by atoms with Gasteiger partial charge in [0.05, 0.1) is 6.54 Å². The number of rotatable bonds is 4. The molecule has 1 rings (SSSR count). The molecular weight excluding hydrogens is 158 g/mol. The van der Waals surface area contributed by atoms with Crippen LogP contribution in [0.4, 0.5) is 0 Å². The molecule has 0 unspecified atom stereocenters. The van der Waals surface area contributed by atoms with Gasteiger partial charge in [-0.2, -0.15) is 0 Å². The third kappa shape index (κ3) is 3.12. The van der Waals surface area contributed by atoms with Gasteiger partial charge in [-0.3, -0.25) is 0 Å². The molecule has 0 aliphatic rings. The molecule has 1 aromatic rings. The van der Waals surface area contributed by atoms with Crippen molar-refractivity contribution >= 4 is 17.4 Å². The van der Waals surface area contributed by atoms with E-state index in [0.29, 0.717) is 6.54 Å². The normalized spacial score (nSPS) is 9.09. The van der Waals surface area contributed by atoms with Crippen molar-refractivity contribution in [3.63, 3.8) is 0 Å². The number of aliphatic imine (C=N–C) groups is 1. The molecule has 0 aliphatic heterocycles. The van der Waals surface area contributed by atoms with Crippen LogP contribution in [0.3, 0.4) is 0 Å². The van der Waals surface area contributed by atoms with Gasteiger partial charge >= 0.3 is 0 Å². The minimum atomic E-state index is 0.599. The third-order valence-electron chi connectivity index (χ3n) is 1.34. The molecule has 3 heteroatoms. The van der Waals surface area contributed by atoms with Gasteiger partial charge in [0.25, 0.3) is 0 Å². The Morgan fingerprint density at radius 2 is 2.55 bits per heavy atom. The topological polar surface area (TPSA) is 29.4 Å². The first kappa shape index (κ1) is 8.18. The van der Waals surface area contributed by atoms with Crippen molar-refractivity contribution in [2.45, 2.75) is 12.8 Å². The fourth-order valence-electron chi connectivity index (χ4n) is 0.833. The van der Waals surface area contributed by atoms with E-state index in [1.165, 1.54) is 11.0 Å². The fraction of sp³-hybridized carbons (Fsp3) is 0.375. The zero-order valence-corrected chi connectivity index (χ0v) is 6.93. The Morgan fingerprint density at radius 1 is 1.64 bits per heavy atom. The summed E-state index contributed by atoms with van der Waals surface area (Å²) in [6.07, 6.45) is 3.48. The van der Waals surface area contributed by atoms with Crippen molar-refractivity contribution in [1.82, 2.24) is 0 Å². The van der Waals surface area contributed by atoms with Gasteiger partial charge in [0.15, 0.2) is 0 Å². The lowest BCUT2D eigenvalue weighted by Crippen LogP contribution is -1.83. The Labute approximate surface area is 69.6 Å². The largest absolute Gasteiger partial charge is 0.234 e. The van der Waals surface area contributed by atoms with Crippen molar-refractivity contribution in [3.05, 3.63) is 22.4 Å². The van der Waals surface area contributed by atoms with Gasteiger partial charge in [-0.05, 0) is 24.3 Å². The van der Waals surface area contributed by atoms with Crippen molar-refractivity contribution in [2.75, 3.05) is 6.54 Å². The average Bonchev–Trinajstić information content (AvgIpc) is 2.50. The van der Waals surface area contributed by atoms with Gasteiger partial charge in [-0.25, -0.2) is 9.79 Å². The minimum absolute atomic E-state index is 0.599. The molecule has 0 aliphatic carbocycles. The summed E-state index contributed by atoms with van der Waals surface area (Å²) in [6, 6.07) is 4.12. The van der Waals surface area contributed by atoms with E-state index in [0.717, 1.165) is 12.8 Å². The summed E-state index contributed by atoms with van der Waals surface area (Å²) < 4.78 is 0. The van der Waals surface area contributed by atoms with Crippen LogP contribution in [-0.4, -0.2) is 12.6 Å². The zero-order chi connectivity index (χ0) is 7.94. The first-order valence-electron chi connectivity index (χ1n) is 3.49. The number of hydrogen-bond donors (Lipinski definition) is 0. The molecule has 0 spiro atoms. The predicted octanol–water partition coefficient (Wildman–Crippen LogP) is 2.02. The molecule has 58 valence electrons. The van der Waals surface area contributed by atoms with Crippen LogP contribution in [0.2, 0.25) is 0 Å². The minimum Gasteiger partial charge on any atom is -0.211 e. The van der Waals surface area contributed by atoms with Gasteiger partial charge in [-0.15, -0.1) is 11.3 Å². The van der Waals surface area contributed by atoms with E-state index in [9.17, 15) is 4.79 Å². The number of isocyanates is 1. The highest BCUT2D eigenvalue weighted by Gasteiger charge is 1.91. The fourth-order valence-corrected chi connectivity index (χ4v) is 1.58. The van der Waals surface area contributed by atoms with E-state index in [-0.39, 0.29) is 0 Å². The zero-order valence-electron chi connectivity index (χ0n) is 6.12. The number of aryl methyl sites for hydroxylation is 1. The van der Waals surface area contributed by atoms with E-state index in [4.69, 9.17) is 0 Å². The lowest BCUT2D eigenvalue weighted by Gasteiger charge is -1.90. The molecule has 0 saturated heterocycles. The standard InChI is InChI=1S/C8H9NOS/c10-7-9-5-1-3-8-4-2-6-11-8/h2,4,6H,1,3,5H2. The molecular formula is C8H9NOS. The van der Waals surface area contributed by atoms with Crippen molar-refractivity contribution < 1.29 is 4.79 Å². The van der Waals surface area contributed by atoms with Crippen LogP contribution in [-0.2, 0) is 11.2 Å². The van der Waals surface area contributed by atoms with Crippen LogP contribution >= 0.6 is 11.3 Å². The molecule has 2 nitrogen and oxygen atoms in total. The molecule has 0 aromatic carbocycles. The lowest BCUT2D eigenvalue weighted by molar-refractivity contribution is 0.562. The van der Waals surface area contributed by atoms with Crippen molar-refractivity contribution in [2.24, 2.45) is 4.99 Å². The number of nitrogens with zero attached hydrogens (tertiary/aromatic N) is 1. The van der Waals surface area contributed by atoms with E-state index in [1.807, 2.05) is 6.07 Å². The Kier molecular flexibility index (Phi) is 3.59. The molecule has 1 heterocycles. The van der Waals surface area contributed by atoms with Crippen molar-refractivity contribution in [3.8, 4) is 0 Å². The summed E-state index contributed by atoms with van der Waals surface area (Å²) in [7, 11) is 0. The Morgan fingerprint density at radius 3 is 3.18 bits per heavy atom. The van der Waals surface area contributed by atoms with Gasteiger partial charge < -0.3 is 0 Å². The molecule has 0 amide bonds. The maximum atomic E-state index is 9.68. The summed E-state index contributed by atoms with van der Waals surface area (Å²) >= 11 is 1.74. The highest BCUT2D eigenvalue weighted by atomic mass is 32.1. The first-order valence-corrected chi connectivity index (χ1v) is 4.37. The van der Waals surface area contributed by atoms with E-state index < -0.39 is 0 Å². The van der Waals surface area contributed by atoms with E-state index in [2.05, 4.69) is 16.4 Å². The number of hydrogen-bond acceptors (Lipinski definition) is 3. The Hall–Kier alpha value is -0.920. The molecule has 0 N–H and O–H groups in total. The summed E-state index contributed by atoms with van der Waals surface area (Å²) in [5.74, 6) is 0. The maximum absolute atomic E-state index is 9.68. The Balaban J connectivity index is 2.18. The number of thiophene rings is 1. The van der Waals surface area contributed by atoms with Gasteiger partial charge in [-0.1, -0.05) is 6.07 Å². The SMILES string of the molecule is O=C=NCCCc1cccs1. The number of carbonyl (C=O) groups excluding carboxylic acids is 1. The molecule has 11 heavy (non-hydrogen) atoms. The average molecular weight is 167 g/mol. The first-order chi connectivity index (χ1) is 5.43. The molecule has 0 saturated carbocycles. The molecule has 0 bridgehead atoms. The van der Waals surface area contributed by atoms with Crippen LogP contribution in [0.5, 0.6) is 0 Å². The highest BCUT2D eigenvalue weighted by molar-refractivity contribution is 7.09. The van der Waals surface area contributed by atoms with Gasteiger partial charge in [0, 0.05) is 4.88 Å². The van der Waals surface area contributed by atoms with Crippen molar-refractivity contribution in [1.29, 1.82) is 0 Å². The monoisotopic (exact) mass is 167 g/mol. The predicted molar refractivity (Wildman–Crippen MR) is 45.6 cm³/mol. The summed E-state index contributed by atoms with van der Waals surface area (Å²) in [5, 5.41) is 2.05. The Bertz CT molecular complexity index is 237. The molecule has 0 atom stereocenters. The third-order valence-corrected chi connectivity index (χ3v) is 2.27. The summed E-state index contributed by atoms with van der Waals surface area (Å²) in [6.45, 7) is 0.599. The van der Waals surface area contributed by atoms with E-state index in [1.54, 1.807) is 11.3 Å². The second-order valence-electron chi connectivity index (χ2n) is 2.16. The van der Waals surface area contributed by atoms with E-state index >= 15 is 0 Å².